The molecule has 1 aliphatic rings. The summed E-state index contributed by atoms with van der Waals surface area (Å²) in [6.45, 7) is 5.64. The third-order valence-corrected chi connectivity index (χ3v) is 8.60. The van der Waals surface area contributed by atoms with E-state index in [2.05, 4.69) is 4.57 Å². The topological polar surface area (TPSA) is 73.7 Å². The average Bonchev–Trinajstić information content (AvgIpc) is 3.18. The van der Waals surface area contributed by atoms with Crippen molar-refractivity contribution in [3.63, 3.8) is 0 Å². The maximum atomic E-state index is 13.1. The van der Waals surface area contributed by atoms with Gasteiger partial charge in [-0.3, -0.25) is 0 Å². The second kappa shape index (κ2) is 11.2. The van der Waals surface area contributed by atoms with Crippen LogP contribution < -0.4 is 0 Å². The Morgan fingerprint density at radius 1 is 1.18 bits per heavy atom. The molecule has 33 heavy (non-hydrogen) atoms. The lowest BCUT2D eigenvalue weighted by molar-refractivity contribution is 0.0730. The normalized spacial score (nSPS) is 15.3. The van der Waals surface area contributed by atoms with E-state index in [1.54, 1.807) is 23.9 Å². The third-order valence-electron chi connectivity index (χ3n) is 5.42. The summed E-state index contributed by atoms with van der Waals surface area (Å²) in [6.07, 6.45) is 0.845. The molecule has 0 aliphatic carbocycles. The van der Waals surface area contributed by atoms with Crippen LogP contribution in [0.5, 0.6) is 0 Å². The Morgan fingerprint density at radius 3 is 2.76 bits per heavy atom. The highest BCUT2D eigenvalue weighted by Crippen LogP contribution is 2.30. The van der Waals surface area contributed by atoms with Gasteiger partial charge in [-0.25, -0.2) is 13.4 Å². The summed E-state index contributed by atoms with van der Waals surface area (Å²) in [5.41, 5.74) is 2.70. The number of aryl methyl sites for hydroxylation is 1. The Labute approximate surface area is 204 Å². The Bertz CT molecular complexity index is 1190. The lowest BCUT2D eigenvalue weighted by Gasteiger charge is -2.26. The number of fused-ring (bicyclic) bond motifs is 1. The summed E-state index contributed by atoms with van der Waals surface area (Å²) in [5.74, 6) is 0.717. The van der Waals surface area contributed by atoms with Crippen molar-refractivity contribution < 1.29 is 17.9 Å². The molecule has 7 nitrogen and oxygen atoms in total. The molecule has 10 heteroatoms. The number of halogens is 1. The van der Waals surface area contributed by atoms with E-state index in [9.17, 15) is 8.42 Å². The molecule has 1 aliphatic heterocycles. The zero-order chi connectivity index (χ0) is 23.3. The van der Waals surface area contributed by atoms with Crippen molar-refractivity contribution >= 4 is 44.4 Å². The summed E-state index contributed by atoms with van der Waals surface area (Å²) < 4.78 is 40.7. The van der Waals surface area contributed by atoms with Crippen LogP contribution in [0.3, 0.4) is 0 Å². The fourth-order valence-electron chi connectivity index (χ4n) is 3.75. The molecule has 1 saturated heterocycles. The SMILES string of the molecule is CCOCCCn1c(SCc2cccc(Cl)c2)nc2cc(S(=O)(=O)N3CCOCC3)ccc21. The first-order chi connectivity index (χ1) is 16.0. The predicted molar refractivity (Wildman–Crippen MR) is 131 cm³/mol. The van der Waals surface area contributed by atoms with Crippen LogP contribution >= 0.6 is 23.4 Å². The maximum absolute atomic E-state index is 13.1. The van der Waals surface area contributed by atoms with E-state index in [1.165, 1.54) is 4.31 Å². The second-order valence-corrected chi connectivity index (χ2v) is 11.0. The molecular weight excluding hydrogens is 482 g/mol. The quantitative estimate of drug-likeness (QED) is 0.297. The molecule has 178 valence electrons. The predicted octanol–water partition coefficient (Wildman–Crippen LogP) is 4.43. The zero-order valence-electron chi connectivity index (χ0n) is 18.6. The van der Waals surface area contributed by atoms with Crippen LogP contribution in [0.25, 0.3) is 11.0 Å². The van der Waals surface area contributed by atoms with Crippen molar-refractivity contribution in [2.75, 3.05) is 39.5 Å². The van der Waals surface area contributed by atoms with Gasteiger partial charge in [0.15, 0.2) is 5.16 Å². The minimum atomic E-state index is -3.58. The molecule has 0 bridgehead atoms. The van der Waals surface area contributed by atoms with E-state index >= 15 is 0 Å². The van der Waals surface area contributed by atoms with Gasteiger partial charge in [0.25, 0.3) is 0 Å². The molecule has 2 aromatic carbocycles. The largest absolute Gasteiger partial charge is 0.382 e. The lowest BCUT2D eigenvalue weighted by atomic mass is 10.2. The summed E-state index contributed by atoms with van der Waals surface area (Å²) in [6, 6.07) is 13.0. The first kappa shape index (κ1) is 24.5. The van der Waals surface area contributed by atoms with E-state index in [0.29, 0.717) is 55.8 Å². The summed E-state index contributed by atoms with van der Waals surface area (Å²) in [4.78, 5) is 5.08. The Kier molecular flexibility index (Phi) is 8.32. The van der Waals surface area contributed by atoms with Gasteiger partial charge >= 0.3 is 0 Å². The standard InChI is InChI=1S/C23H28ClN3O4S2/c1-2-30-12-4-9-27-22-8-7-20(33(28,29)26-10-13-31-14-11-26)16-21(22)25-23(27)32-17-18-5-3-6-19(24)15-18/h3,5-8,15-16H,2,4,9-14,17H2,1H3. The van der Waals surface area contributed by atoms with Crippen LogP contribution in [0, 0.1) is 0 Å². The summed E-state index contributed by atoms with van der Waals surface area (Å²) >= 11 is 7.75. The average molecular weight is 510 g/mol. The van der Waals surface area contributed by atoms with Gasteiger partial charge in [-0.05, 0) is 49.2 Å². The summed E-state index contributed by atoms with van der Waals surface area (Å²) in [5, 5.41) is 1.55. The number of ether oxygens (including phenoxy) is 2. The van der Waals surface area contributed by atoms with E-state index in [-0.39, 0.29) is 4.90 Å². The molecule has 1 fully saturated rings. The number of imidazole rings is 1. The van der Waals surface area contributed by atoms with Gasteiger partial charge < -0.3 is 14.0 Å². The molecule has 0 amide bonds. The monoisotopic (exact) mass is 509 g/mol. The minimum Gasteiger partial charge on any atom is -0.382 e. The van der Waals surface area contributed by atoms with Crippen molar-refractivity contribution in [1.82, 2.24) is 13.9 Å². The molecule has 0 unspecified atom stereocenters. The van der Waals surface area contributed by atoms with E-state index in [4.69, 9.17) is 26.1 Å². The van der Waals surface area contributed by atoms with Gasteiger partial charge in [0.05, 0.1) is 29.1 Å². The number of benzene rings is 2. The van der Waals surface area contributed by atoms with Crippen LogP contribution in [0.2, 0.25) is 5.02 Å². The van der Waals surface area contributed by atoms with Crippen LogP contribution in [-0.2, 0) is 31.8 Å². The number of thioether (sulfide) groups is 1. The molecule has 2 heterocycles. The molecular formula is C23H28ClN3O4S2. The number of rotatable bonds is 10. The van der Waals surface area contributed by atoms with Crippen LogP contribution in [-0.4, -0.2) is 61.8 Å². The summed E-state index contributed by atoms with van der Waals surface area (Å²) in [7, 11) is -3.58. The van der Waals surface area contributed by atoms with E-state index < -0.39 is 10.0 Å². The number of hydrogen-bond donors (Lipinski definition) is 0. The number of hydrogen-bond acceptors (Lipinski definition) is 6. The maximum Gasteiger partial charge on any atom is 0.243 e. The minimum absolute atomic E-state index is 0.266. The van der Waals surface area contributed by atoms with E-state index in [0.717, 1.165) is 29.2 Å². The van der Waals surface area contributed by atoms with Crippen molar-refractivity contribution in [1.29, 1.82) is 0 Å². The smallest absolute Gasteiger partial charge is 0.243 e. The molecule has 4 rings (SSSR count). The van der Waals surface area contributed by atoms with Crippen molar-refractivity contribution in [2.24, 2.45) is 0 Å². The van der Waals surface area contributed by atoms with Crippen molar-refractivity contribution in [2.45, 2.75) is 35.7 Å². The molecule has 0 radical (unpaired) electrons. The van der Waals surface area contributed by atoms with Gasteiger partial charge in [0.1, 0.15) is 0 Å². The number of aromatic nitrogens is 2. The fraction of sp³-hybridized carbons (Fsp3) is 0.435. The Balaban J connectivity index is 1.63. The zero-order valence-corrected chi connectivity index (χ0v) is 21.0. The number of nitrogens with zero attached hydrogens (tertiary/aromatic N) is 3. The molecule has 0 atom stereocenters. The molecule has 0 N–H and O–H groups in total. The van der Waals surface area contributed by atoms with Crippen molar-refractivity contribution in [3.8, 4) is 0 Å². The number of sulfonamides is 1. The molecule has 1 aromatic heterocycles. The first-order valence-corrected chi connectivity index (χ1v) is 13.8. The van der Waals surface area contributed by atoms with Gasteiger partial charge in [-0.15, -0.1) is 0 Å². The highest BCUT2D eigenvalue weighted by atomic mass is 35.5. The van der Waals surface area contributed by atoms with Gasteiger partial charge in [0, 0.05) is 43.6 Å². The van der Waals surface area contributed by atoms with Gasteiger partial charge in [0.2, 0.25) is 10.0 Å². The lowest BCUT2D eigenvalue weighted by Crippen LogP contribution is -2.40. The van der Waals surface area contributed by atoms with Gasteiger partial charge in [-0.2, -0.15) is 4.31 Å². The van der Waals surface area contributed by atoms with Crippen LogP contribution in [0.4, 0.5) is 0 Å². The van der Waals surface area contributed by atoms with Crippen molar-refractivity contribution in [3.05, 3.63) is 53.1 Å². The highest BCUT2D eigenvalue weighted by Gasteiger charge is 2.27. The van der Waals surface area contributed by atoms with Crippen LogP contribution in [0.1, 0.15) is 18.9 Å². The van der Waals surface area contributed by atoms with E-state index in [1.807, 2.05) is 37.3 Å². The number of morpholine rings is 1. The molecule has 0 saturated carbocycles. The first-order valence-electron chi connectivity index (χ1n) is 11.0. The fourth-order valence-corrected chi connectivity index (χ4v) is 6.38. The highest BCUT2D eigenvalue weighted by molar-refractivity contribution is 7.98. The molecule has 3 aromatic rings. The molecule has 0 spiro atoms. The second-order valence-electron chi connectivity index (χ2n) is 7.68. The third kappa shape index (κ3) is 5.90. The van der Waals surface area contributed by atoms with Crippen LogP contribution in [0.15, 0.2) is 52.5 Å². The Morgan fingerprint density at radius 2 is 2.00 bits per heavy atom. The van der Waals surface area contributed by atoms with Gasteiger partial charge in [-0.1, -0.05) is 35.5 Å². The Hall–Kier alpha value is -1.62.